The van der Waals surface area contributed by atoms with E-state index in [2.05, 4.69) is 6.92 Å². The van der Waals surface area contributed by atoms with Crippen molar-refractivity contribution < 1.29 is 13.9 Å². The van der Waals surface area contributed by atoms with Gasteiger partial charge >= 0.3 is 0 Å². The van der Waals surface area contributed by atoms with Gasteiger partial charge in [-0.1, -0.05) is 19.1 Å². The first-order valence-corrected chi connectivity index (χ1v) is 7.39. The van der Waals surface area contributed by atoms with E-state index in [0.29, 0.717) is 24.7 Å². The van der Waals surface area contributed by atoms with Crippen molar-refractivity contribution in [2.45, 2.75) is 20.0 Å². The molecule has 1 heterocycles. The second-order valence-electron chi connectivity index (χ2n) is 5.73. The summed E-state index contributed by atoms with van der Waals surface area (Å²) >= 11 is 0. The second kappa shape index (κ2) is 6.18. The van der Waals surface area contributed by atoms with Crippen LogP contribution in [-0.2, 0) is 11.4 Å². The second-order valence-corrected chi connectivity index (χ2v) is 5.73. The van der Waals surface area contributed by atoms with Crippen LogP contribution in [-0.4, -0.2) is 12.5 Å². The normalized spacial score (nSPS) is 17.8. The van der Waals surface area contributed by atoms with Crippen LogP contribution in [0.15, 0.2) is 48.5 Å². The molecule has 1 atom stereocenters. The zero-order valence-corrected chi connectivity index (χ0v) is 12.5. The van der Waals surface area contributed by atoms with Gasteiger partial charge in [0.1, 0.15) is 18.2 Å². The largest absolute Gasteiger partial charge is 0.489 e. The van der Waals surface area contributed by atoms with Crippen LogP contribution in [0.1, 0.15) is 18.9 Å². The molecule has 0 aromatic heterocycles. The molecule has 22 heavy (non-hydrogen) atoms. The quantitative estimate of drug-likeness (QED) is 0.860. The Kier molecular flexibility index (Phi) is 4.09. The molecule has 0 bridgehead atoms. The molecule has 4 heteroatoms. The molecular formula is C18H18FNO2. The van der Waals surface area contributed by atoms with Gasteiger partial charge in [-0.15, -0.1) is 0 Å². The van der Waals surface area contributed by atoms with Gasteiger partial charge in [0, 0.05) is 18.7 Å². The van der Waals surface area contributed by atoms with E-state index in [-0.39, 0.29) is 11.7 Å². The Bertz CT molecular complexity index is 669. The van der Waals surface area contributed by atoms with E-state index in [0.717, 1.165) is 17.8 Å². The van der Waals surface area contributed by atoms with Gasteiger partial charge in [0.15, 0.2) is 0 Å². The third-order valence-electron chi connectivity index (χ3n) is 3.76. The van der Waals surface area contributed by atoms with Crippen LogP contribution < -0.4 is 9.64 Å². The molecule has 2 aromatic rings. The SMILES string of the molecule is CC1CC(=O)N(c2ccc(OCc3cccc(F)c3)cc2)C1. The Hall–Kier alpha value is -2.36. The van der Waals surface area contributed by atoms with Gasteiger partial charge in [0.25, 0.3) is 0 Å². The lowest BCUT2D eigenvalue weighted by atomic mass is 10.2. The zero-order chi connectivity index (χ0) is 15.5. The minimum atomic E-state index is -0.266. The number of rotatable bonds is 4. The first kappa shape index (κ1) is 14.6. The summed E-state index contributed by atoms with van der Waals surface area (Å²) in [5.74, 6) is 1.00. The van der Waals surface area contributed by atoms with Crippen molar-refractivity contribution in [1.29, 1.82) is 0 Å². The molecule has 0 aliphatic carbocycles. The summed E-state index contributed by atoms with van der Waals surface area (Å²) in [6.45, 7) is 3.16. The molecule has 0 radical (unpaired) electrons. The van der Waals surface area contributed by atoms with Crippen molar-refractivity contribution in [3.05, 3.63) is 59.9 Å². The molecule has 3 rings (SSSR count). The van der Waals surface area contributed by atoms with Gasteiger partial charge in [-0.25, -0.2) is 4.39 Å². The zero-order valence-electron chi connectivity index (χ0n) is 12.5. The number of ether oxygens (including phenoxy) is 1. The molecule has 0 N–H and O–H groups in total. The molecule has 1 aliphatic heterocycles. The Labute approximate surface area is 129 Å². The number of carbonyl (C=O) groups is 1. The van der Waals surface area contributed by atoms with E-state index in [9.17, 15) is 9.18 Å². The summed E-state index contributed by atoms with van der Waals surface area (Å²) in [6.07, 6.45) is 0.609. The highest BCUT2D eigenvalue weighted by Gasteiger charge is 2.27. The lowest BCUT2D eigenvalue weighted by Gasteiger charge is -2.16. The third kappa shape index (κ3) is 3.27. The molecule has 114 valence electrons. The fourth-order valence-electron chi connectivity index (χ4n) is 2.65. The first-order valence-electron chi connectivity index (χ1n) is 7.39. The summed E-state index contributed by atoms with van der Waals surface area (Å²) in [4.78, 5) is 13.7. The number of nitrogens with zero attached hydrogens (tertiary/aromatic N) is 1. The van der Waals surface area contributed by atoms with Crippen LogP contribution in [0.2, 0.25) is 0 Å². The van der Waals surface area contributed by atoms with Gasteiger partial charge in [0.05, 0.1) is 0 Å². The maximum absolute atomic E-state index is 13.1. The molecular weight excluding hydrogens is 281 g/mol. The maximum atomic E-state index is 13.1. The number of benzene rings is 2. The number of carbonyl (C=O) groups excluding carboxylic acids is 1. The van der Waals surface area contributed by atoms with E-state index in [1.54, 1.807) is 11.0 Å². The Balaban J connectivity index is 1.63. The summed E-state index contributed by atoms with van der Waals surface area (Å²) in [7, 11) is 0. The van der Waals surface area contributed by atoms with E-state index in [1.807, 2.05) is 30.3 Å². The van der Waals surface area contributed by atoms with Gasteiger partial charge in [-0.3, -0.25) is 4.79 Å². The van der Waals surface area contributed by atoms with Gasteiger partial charge < -0.3 is 9.64 Å². The molecule has 1 amide bonds. The van der Waals surface area contributed by atoms with Crippen LogP contribution in [0.5, 0.6) is 5.75 Å². The summed E-state index contributed by atoms with van der Waals surface area (Å²) < 4.78 is 18.7. The Morgan fingerprint density at radius 2 is 2.00 bits per heavy atom. The predicted octanol–water partition coefficient (Wildman–Crippen LogP) is 3.78. The van der Waals surface area contributed by atoms with Gasteiger partial charge in [-0.2, -0.15) is 0 Å². The van der Waals surface area contributed by atoms with E-state index >= 15 is 0 Å². The highest BCUT2D eigenvalue weighted by Crippen LogP contribution is 2.26. The lowest BCUT2D eigenvalue weighted by molar-refractivity contribution is -0.117. The molecule has 3 nitrogen and oxygen atoms in total. The van der Waals surface area contributed by atoms with Crippen LogP contribution in [0.4, 0.5) is 10.1 Å². The van der Waals surface area contributed by atoms with Crippen molar-refractivity contribution in [2.75, 3.05) is 11.4 Å². The molecule has 2 aromatic carbocycles. The van der Waals surface area contributed by atoms with Crippen molar-refractivity contribution in [3.8, 4) is 5.75 Å². The Morgan fingerprint density at radius 1 is 1.23 bits per heavy atom. The summed E-state index contributed by atoms with van der Waals surface area (Å²) in [5.41, 5.74) is 1.68. The topological polar surface area (TPSA) is 29.5 Å². The number of amides is 1. The summed E-state index contributed by atoms with van der Waals surface area (Å²) in [6, 6.07) is 13.8. The fourth-order valence-corrected chi connectivity index (χ4v) is 2.65. The minimum Gasteiger partial charge on any atom is -0.489 e. The van der Waals surface area contributed by atoms with Gasteiger partial charge in [0.2, 0.25) is 5.91 Å². The van der Waals surface area contributed by atoms with Crippen molar-refractivity contribution in [3.63, 3.8) is 0 Å². The average molecular weight is 299 g/mol. The molecule has 0 saturated carbocycles. The molecule has 1 saturated heterocycles. The average Bonchev–Trinajstić information content (AvgIpc) is 2.84. The number of hydrogen-bond donors (Lipinski definition) is 0. The van der Waals surface area contributed by atoms with Gasteiger partial charge in [-0.05, 0) is 47.9 Å². The molecule has 0 spiro atoms. The minimum absolute atomic E-state index is 0.168. The van der Waals surface area contributed by atoms with E-state index < -0.39 is 0 Å². The van der Waals surface area contributed by atoms with E-state index in [4.69, 9.17) is 4.74 Å². The third-order valence-corrected chi connectivity index (χ3v) is 3.76. The highest BCUT2D eigenvalue weighted by molar-refractivity contribution is 5.95. The number of halogens is 1. The van der Waals surface area contributed by atoms with E-state index in [1.165, 1.54) is 12.1 Å². The molecule has 1 fully saturated rings. The highest BCUT2D eigenvalue weighted by atomic mass is 19.1. The molecule has 1 aliphatic rings. The summed E-state index contributed by atoms with van der Waals surface area (Å²) in [5, 5.41) is 0. The maximum Gasteiger partial charge on any atom is 0.227 e. The molecule has 1 unspecified atom stereocenters. The Morgan fingerprint density at radius 3 is 2.64 bits per heavy atom. The fraction of sp³-hybridized carbons (Fsp3) is 0.278. The first-order chi connectivity index (χ1) is 10.6. The van der Waals surface area contributed by atoms with Crippen molar-refractivity contribution in [1.82, 2.24) is 0 Å². The van der Waals surface area contributed by atoms with Crippen molar-refractivity contribution >= 4 is 11.6 Å². The number of hydrogen-bond acceptors (Lipinski definition) is 2. The van der Waals surface area contributed by atoms with Crippen LogP contribution in [0, 0.1) is 11.7 Å². The standard InChI is InChI=1S/C18H18FNO2/c1-13-9-18(21)20(11-13)16-5-7-17(8-6-16)22-12-14-3-2-4-15(19)10-14/h2-8,10,13H,9,11-12H2,1H3. The van der Waals surface area contributed by atoms with Crippen LogP contribution in [0.3, 0.4) is 0 Å². The lowest BCUT2D eigenvalue weighted by Crippen LogP contribution is -2.24. The monoisotopic (exact) mass is 299 g/mol. The predicted molar refractivity (Wildman–Crippen MR) is 83.3 cm³/mol. The smallest absolute Gasteiger partial charge is 0.227 e. The van der Waals surface area contributed by atoms with Crippen LogP contribution >= 0.6 is 0 Å². The number of anilines is 1. The van der Waals surface area contributed by atoms with Crippen molar-refractivity contribution in [2.24, 2.45) is 5.92 Å². The van der Waals surface area contributed by atoms with Crippen LogP contribution in [0.25, 0.3) is 0 Å².